The minimum atomic E-state index is -4.95. The van der Waals surface area contributed by atoms with Crippen molar-refractivity contribution in [2.24, 2.45) is 5.73 Å². The molecule has 1 heterocycles. The van der Waals surface area contributed by atoms with Crippen LogP contribution in [0.25, 0.3) is 11.0 Å². The number of ether oxygens (including phenoxy) is 1. The number of carbonyl (C=O) groups is 1. The number of rotatable bonds is 7. The van der Waals surface area contributed by atoms with Crippen LogP contribution in [-0.2, 0) is 18.5 Å². The lowest BCUT2D eigenvalue weighted by Gasteiger charge is -2.24. The SMILES string of the molecule is CN(C)Cc1cc(Cl)cc2nn(CC(C)(C#N)c3cc(OC(F)(F)F)ccc3C(N)=O)nc12. The van der Waals surface area contributed by atoms with Crippen LogP contribution >= 0.6 is 11.6 Å². The Morgan fingerprint density at radius 2 is 1.97 bits per heavy atom. The van der Waals surface area contributed by atoms with Gasteiger partial charge in [-0.3, -0.25) is 4.79 Å². The van der Waals surface area contributed by atoms with Crippen LogP contribution in [-0.4, -0.2) is 46.3 Å². The lowest BCUT2D eigenvalue weighted by molar-refractivity contribution is -0.274. The van der Waals surface area contributed by atoms with E-state index in [1.807, 2.05) is 19.0 Å². The molecule has 0 saturated carbocycles. The highest BCUT2D eigenvalue weighted by molar-refractivity contribution is 6.31. The first-order valence-corrected chi connectivity index (χ1v) is 9.98. The molecule has 0 radical (unpaired) electrons. The predicted octanol–water partition coefficient (Wildman–Crippen LogP) is 3.63. The molecule has 1 aromatic heterocycles. The Balaban J connectivity index is 2.08. The molecule has 3 rings (SSSR count). The fourth-order valence-corrected chi connectivity index (χ4v) is 3.72. The summed E-state index contributed by atoms with van der Waals surface area (Å²) in [6, 6.07) is 8.47. The van der Waals surface area contributed by atoms with Gasteiger partial charge >= 0.3 is 6.36 Å². The van der Waals surface area contributed by atoms with Crippen LogP contribution in [0.1, 0.15) is 28.4 Å². The molecule has 8 nitrogen and oxygen atoms in total. The fraction of sp³-hybridized carbons (Fsp3) is 0.333. The minimum absolute atomic E-state index is 0.0350. The summed E-state index contributed by atoms with van der Waals surface area (Å²) in [5, 5.41) is 19.3. The molecule has 0 spiro atoms. The van der Waals surface area contributed by atoms with Crippen LogP contribution in [0.2, 0.25) is 5.02 Å². The normalized spacial score (nSPS) is 13.7. The average Bonchev–Trinajstić information content (AvgIpc) is 3.08. The number of halogens is 4. The molecule has 0 aliphatic rings. The molecule has 0 saturated heterocycles. The number of nitrogens with two attached hydrogens (primary N) is 1. The number of primary amides is 1. The van der Waals surface area contributed by atoms with Crippen molar-refractivity contribution in [1.82, 2.24) is 19.9 Å². The van der Waals surface area contributed by atoms with Gasteiger partial charge < -0.3 is 15.4 Å². The van der Waals surface area contributed by atoms with E-state index < -0.39 is 23.4 Å². The number of benzene rings is 2. The van der Waals surface area contributed by atoms with Crippen LogP contribution in [0, 0.1) is 11.3 Å². The number of alkyl halides is 3. The van der Waals surface area contributed by atoms with Gasteiger partial charge in [0.2, 0.25) is 5.91 Å². The van der Waals surface area contributed by atoms with E-state index in [4.69, 9.17) is 17.3 Å². The average molecular weight is 481 g/mol. The number of carbonyl (C=O) groups excluding carboxylic acids is 1. The zero-order valence-corrected chi connectivity index (χ0v) is 18.7. The van der Waals surface area contributed by atoms with Crippen molar-refractivity contribution in [3.63, 3.8) is 0 Å². The summed E-state index contributed by atoms with van der Waals surface area (Å²) in [5.41, 5.74) is 5.62. The summed E-state index contributed by atoms with van der Waals surface area (Å²) >= 11 is 6.19. The van der Waals surface area contributed by atoms with Crippen LogP contribution in [0.5, 0.6) is 5.75 Å². The zero-order valence-electron chi connectivity index (χ0n) is 17.9. The molecule has 174 valence electrons. The maximum Gasteiger partial charge on any atom is 0.573 e. The Hall–Kier alpha value is -3.36. The van der Waals surface area contributed by atoms with Crippen molar-refractivity contribution in [3.05, 3.63) is 52.0 Å². The smallest absolute Gasteiger partial charge is 0.406 e. The molecule has 3 aromatic rings. The molecule has 2 aromatic carbocycles. The third kappa shape index (κ3) is 5.53. The number of hydrogen-bond donors (Lipinski definition) is 1. The molecular formula is C21H20ClF3N6O2. The molecule has 0 aliphatic heterocycles. The predicted molar refractivity (Wildman–Crippen MR) is 115 cm³/mol. The topological polar surface area (TPSA) is 110 Å². The van der Waals surface area contributed by atoms with Gasteiger partial charge in [-0.2, -0.15) is 20.3 Å². The van der Waals surface area contributed by atoms with Gasteiger partial charge in [0.25, 0.3) is 0 Å². The Bertz CT molecular complexity index is 1250. The molecule has 12 heteroatoms. The minimum Gasteiger partial charge on any atom is -0.406 e. The summed E-state index contributed by atoms with van der Waals surface area (Å²) in [5.74, 6) is -1.48. The second kappa shape index (κ2) is 8.88. The van der Waals surface area contributed by atoms with Crippen molar-refractivity contribution < 1.29 is 22.7 Å². The molecule has 0 aliphatic carbocycles. The number of hydrogen-bond acceptors (Lipinski definition) is 6. The van der Waals surface area contributed by atoms with E-state index in [9.17, 15) is 23.2 Å². The van der Waals surface area contributed by atoms with Gasteiger partial charge in [-0.15, -0.1) is 13.2 Å². The van der Waals surface area contributed by atoms with Gasteiger partial charge in [-0.25, -0.2) is 0 Å². The van der Waals surface area contributed by atoms with E-state index >= 15 is 0 Å². The van der Waals surface area contributed by atoms with Gasteiger partial charge in [-0.05, 0) is 62.5 Å². The lowest BCUT2D eigenvalue weighted by atomic mass is 9.81. The summed E-state index contributed by atoms with van der Waals surface area (Å²) in [7, 11) is 3.76. The van der Waals surface area contributed by atoms with E-state index in [-0.39, 0.29) is 17.7 Å². The monoisotopic (exact) mass is 480 g/mol. The zero-order chi connectivity index (χ0) is 24.6. The number of aromatic nitrogens is 3. The van der Waals surface area contributed by atoms with E-state index in [0.717, 1.165) is 23.8 Å². The molecular weight excluding hydrogens is 461 g/mol. The summed E-state index contributed by atoms with van der Waals surface area (Å²) in [6.45, 7) is 1.81. The number of fused-ring (bicyclic) bond motifs is 1. The lowest BCUT2D eigenvalue weighted by Crippen LogP contribution is -2.31. The quantitative estimate of drug-likeness (QED) is 0.553. The first-order chi connectivity index (χ1) is 15.3. The van der Waals surface area contributed by atoms with Gasteiger partial charge in [0, 0.05) is 17.1 Å². The Kier molecular flexibility index (Phi) is 6.53. The summed E-state index contributed by atoms with van der Waals surface area (Å²) in [6.07, 6.45) is -4.95. The molecule has 1 atom stereocenters. The second-order valence-electron chi connectivity index (χ2n) is 7.96. The third-order valence-corrected chi connectivity index (χ3v) is 5.07. The maximum atomic E-state index is 12.7. The number of amides is 1. The van der Waals surface area contributed by atoms with Crippen molar-refractivity contribution >= 4 is 28.5 Å². The maximum absolute atomic E-state index is 12.7. The fourth-order valence-electron chi connectivity index (χ4n) is 3.48. The van der Waals surface area contributed by atoms with Crippen LogP contribution in [0.4, 0.5) is 13.2 Å². The Morgan fingerprint density at radius 1 is 1.27 bits per heavy atom. The third-order valence-electron chi connectivity index (χ3n) is 4.85. The first kappa shape index (κ1) is 24.3. The van der Waals surface area contributed by atoms with Gasteiger partial charge in [0.1, 0.15) is 22.2 Å². The highest BCUT2D eigenvalue weighted by Gasteiger charge is 2.35. The van der Waals surface area contributed by atoms with E-state index in [1.165, 1.54) is 11.7 Å². The summed E-state index contributed by atoms with van der Waals surface area (Å²) in [4.78, 5) is 15.1. The van der Waals surface area contributed by atoms with Gasteiger partial charge in [-0.1, -0.05) is 11.6 Å². The highest BCUT2D eigenvalue weighted by atomic mass is 35.5. The van der Waals surface area contributed by atoms with E-state index in [2.05, 4.69) is 21.0 Å². The van der Waals surface area contributed by atoms with Crippen LogP contribution in [0.3, 0.4) is 0 Å². The highest BCUT2D eigenvalue weighted by Crippen LogP contribution is 2.33. The number of nitriles is 1. The molecule has 33 heavy (non-hydrogen) atoms. The van der Waals surface area contributed by atoms with Crippen molar-refractivity contribution in [2.75, 3.05) is 14.1 Å². The van der Waals surface area contributed by atoms with Crippen LogP contribution < -0.4 is 10.5 Å². The summed E-state index contributed by atoms with van der Waals surface area (Å²) < 4.78 is 42.1. The molecule has 1 amide bonds. The molecule has 0 fully saturated rings. The van der Waals surface area contributed by atoms with Crippen molar-refractivity contribution in [2.45, 2.75) is 31.8 Å². The molecule has 2 N–H and O–H groups in total. The first-order valence-electron chi connectivity index (χ1n) is 9.60. The molecule has 1 unspecified atom stereocenters. The largest absolute Gasteiger partial charge is 0.573 e. The van der Waals surface area contributed by atoms with E-state index in [0.29, 0.717) is 22.6 Å². The van der Waals surface area contributed by atoms with Crippen molar-refractivity contribution in [1.29, 1.82) is 5.26 Å². The van der Waals surface area contributed by atoms with Crippen molar-refractivity contribution in [3.8, 4) is 11.8 Å². The van der Waals surface area contributed by atoms with Gasteiger partial charge in [0.05, 0.1) is 12.6 Å². The number of nitrogens with zero attached hydrogens (tertiary/aromatic N) is 5. The second-order valence-corrected chi connectivity index (χ2v) is 8.40. The van der Waals surface area contributed by atoms with Gasteiger partial charge in [0.15, 0.2) is 0 Å². The molecule has 0 bridgehead atoms. The Labute approximate surface area is 192 Å². The van der Waals surface area contributed by atoms with E-state index in [1.54, 1.807) is 12.1 Å². The van der Waals surface area contributed by atoms with Crippen LogP contribution in [0.15, 0.2) is 30.3 Å². The standard InChI is InChI=1S/C21H20ClF3N6O2/c1-20(10-26,16-8-14(33-21(23,24)25)4-5-15(16)19(27)32)11-31-28-17-7-13(22)6-12(9-30(2)3)18(17)29-31/h4-8H,9,11H2,1-3H3,(H2,27,32). The Morgan fingerprint density at radius 3 is 2.55 bits per heavy atom.